The summed E-state index contributed by atoms with van der Waals surface area (Å²) in [6.45, 7) is 3.76. The van der Waals surface area contributed by atoms with Crippen LogP contribution in [0, 0.1) is 5.92 Å². The van der Waals surface area contributed by atoms with E-state index >= 15 is 0 Å². The van der Waals surface area contributed by atoms with Crippen LogP contribution in [0.3, 0.4) is 0 Å². The van der Waals surface area contributed by atoms with E-state index < -0.39 is 24.0 Å². The zero-order valence-corrected chi connectivity index (χ0v) is 14.3. The number of carbonyl (C=O) groups is 3. The Hall–Kier alpha value is -2.02. The second-order valence-corrected chi connectivity index (χ2v) is 7.62. The number of nitrogens with zero attached hydrogens (tertiary/aromatic N) is 1. The minimum absolute atomic E-state index is 0.108. The Labute approximate surface area is 144 Å². The van der Waals surface area contributed by atoms with E-state index in [1.807, 2.05) is 26.0 Å². The van der Waals surface area contributed by atoms with Gasteiger partial charge in [0.05, 0.1) is 12.0 Å². The Kier molecular flexibility index (Phi) is 4.54. The summed E-state index contributed by atoms with van der Waals surface area (Å²) in [5, 5.41) is 13.6. The smallest absolute Gasteiger partial charge is 0.256 e. The zero-order chi connectivity index (χ0) is 17.4. The van der Waals surface area contributed by atoms with Crippen LogP contribution in [0.5, 0.6) is 0 Å². The van der Waals surface area contributed by atoms with Crippen molar-refractivity contribution in [1.29, 1.82) is 0 Å². The fourth-order valence-electron chi connectivity index (χ4n) is 3.20. The molecule has 0 bridgehead atoms. The van der Waals surface area contributed by atoms with Crippen LogP contribution in [0.4, 0.5) is 0 Å². The molecule has 3 atom stereocenters. The van der Waals surface area contributed by atoms with E-state index in [0.717, 1.165) is 5.56 Å². The number of carboxylic acids is 1. The highest BCUT2D eigenvalue weighted by Crippen LogP contribution is 2.48. The molecule has 7 heteroatoms. The Bertz CT molecular complexity index is 691. The molecule has 128 valence electrons. The van der Waals surface area contributed by atoms with Crippen LogP contribution in [-0.4, -0.2) is 40.5 Å². The van der Waals surface area contributed by atoms with E-state index in [2.05, 4.69) is 5.32 Å². The minimum Gasteiger partial charge on any atom is -0.548 e. The predicted octanol–water partition coefficient (Wildman–Crippen LogP) is 0.537. The molecule has 0 radical (unpaired) electrons. The number of fused-ring (bicyclic) bond motifs is 3. The van der Waals surface area contributed by atoms with Crippen molar-refractivity contribution in [1.82, 2.24) is 10.2 Å². The van der Waals surface area contributed by atoms with Gasteiger partial charge in [-0.1, -0.05) is 32.0 Å². The molecular formula is C17H19N2O4S-. The Morgan fingerprint density at radius 2 is 2.08 bits per heavy atom. The van der Waals surface area contributed by atoms with E-state index in [9.17, 15) is 19.5 Å². The molecule has 0 aliphatic carbocycles. The maximum atomic E-state index is 12.6. The summed E-state index contributed by atoms with van der Waals surface area (Å²) < 4.78 is 0. The Morgan fingerprint density at radius 3 is 2.75 bits per heavy atom. The number of hydrogen-bond acceptors (Lipinski definition) is 5. The second-order valence-electron chi connectivity index (χ2n) is 6.51. The van der Waals surface area contributed by atoms with Crippen LogP contribution in [0.25, 0.3) is 0 Å². The number of thioether (sulfide) groups is 1. The molecular weight excluding hydrogens is 328 g/mol. The first kappa shape index (κ1) is 16.8. The monoisotopic (exact) mass is 347 g/mol. The summed E-state index contributed by atoms with van der Waals surface area (Å²) in [7, 11) is 0. The third-order valence-corrected chi connectivity index (χ3v) is 5.61. The van der Waals surface area contributed by atoms with E-state index in [0.29, 0.717) is 17.7 Å². The predicted molar refractivity (Wildman–Crippen MR) is 88.0 cm³/mol. The van der Waals surface area contributed by atoms with Crippen LogP contribution in [0.1, 0.15) is 41.6 Å². The van der Waals surface area contributed by atoms with Crippen molar-refractivity contribution in [3.05, 3.63) is 35.4 Å². The number of carboxylic acid groups (broad SMARTS) is 1. The molecule has 24 heavy (non-hydrogen) atoms. The minimum atomic E-state index is -1.30. The molecule has 2 amide bonds. The summed E-state index contributed by atoms with van der Waals surface area (Å²) in [5.74, 6) is -1.33. The second kappa shape index (κ2) is 6.47. The van der Waals surface area contributed by atoms with Gasteiger partial charge in [0.2, 0.25) is 5.91 Å². The number of rotatable bonds is 5. The van der Waals surface area contributed by atoms with Gasteiger partial charge < -0.3 is 20.1 Å². The van der Waals surface area contributed by atoms with Gasteiger partial charge in [0.1, 0.15) is 11.4 Å². The highest BCUT2D eigenvalue weighted by molar-refractivity contribution is 7.99. The van der Waals surface area contributed by atoms with E-state index in [1.54, 1.807) is 17.0 Å². The lowest BCUT2D eigenvalue weighted by molar-refractivity contribution is -0.308. The number of carbonyl (C=O) groups excluding carboxylic acids is 3. The molecule has 1 aromatic rings. The molecule has 0 unspecified atom stereocenters. The van der Waals surface area contributed by atoms with Crippen LogP contribution in [-0.2, 0) is 9.59 Å². The van der Waals surface area contributed by atoms with Gasteiger partial charge in [0, 0.05) is 11.3 Å². The first-order valence-electron chi connectivity index (χ1n) is 7.94. The van der Waals surface area contributed by atoms with Gasteiger partial charge in [0.25, 0.3) is 5.91 Å². The standard InChI is InChI=1S/C17H20N2O4S/c1-9(2)7-12(17(22)23)18-14(20)13-8-24-16-11-6-4-3-5-10(11)15(21)19(13)16/h3-6,9,12-13,16H,7-8H2,1-2H3,(H,18,20)(H,22,23)/p-1/t12-,13-,16+/m0/s1. The fourth-order valence-corrected chi connectivity index (χ4v) is 4.66. The lowest BCUT2D eigenvalue weighted by atomic mass is 10.0. The van der Waals surface area contributed by atoms with Gasteiger partial charge in [0.15, 0.2) is 0 Å². The Balaban J connectivity index is 1.76. The largest absolute Gasteiger partial charge is 0.548 e. The molecule has 1 N–H and O–H groups in total. The third kappa shape index (κ3) is 2.88. The van der Waals surface area contributed by atoms with Crippen molar-refractivity contribution in [2.75, 3.05) is 5.75 Å². The topological polar surface area (TPSA) is 89.5 Å². The first-order valence-corrected chi connectivity index (χ1v) is 8.99. The van der Waals surface area contributed by atoms with Crippen molar-refractivity contribution in [2.45, 2.75) is 37.7 Å². The van der Waals surface area contributed by atoms with E-state index in [1.165, 1.54) is 11.8 Å². The lowest BCUT2D eigenvalue weighted by Gasteiger charge is -2.27. The van der Waals surface area contributed by atoms with Crippen molar-refractivity contribution >= 4 is 29.5 Å². The van der Waals surface area contributed by atoms with Gasteiger partial charge in [-0.15, -0.1) is 11.8 Å². The average molecular weight is 347 g/mol. The normalized spacial score (nSPS) is 23.1. The van der Waals surface area contributed by atoms with Crippen LogP contribution < -0.4 is 10.4 Å². The summed E-state index contributed by atoms with van der Waals surface area (Å²) in [4.78, 5) is 38.0. The fraction of sp³-hybridized carbons (Fsp3) is 0.471. The molecule has 0 aromatic heterocycles. The SMILES string of the molecule is CC(C)C[C@H](NC(=O)[C@@H]1CS[C@@H]2c3ccccc3C(=O)N21)C(=O)[O-]. The zero-order valence-electron chi connectivity index (χ0n) is 13.5. The molecule has 2 heterocycles. The van der Waals surface area contributed by atoms with Gasteiger partial charge in [-0.05, 0) is 24.0 Å². The summed E-state index contributed by atoms with van der Waals surface area (Å²) in [6, 6.07) is 5.63. The number of aliphatic carboxylic acids is 1. The van der Waals surface area contributed by atoms with Crippen LogP contribution >= 0.6 is 11.8 Å². The molecule has 6 nitrogen and oxygen atoms in total. The third-order valence-electron chi connectivity index (χ3n) is 4.30. The van der Waals surface area contributed by atoms with Crippen molar-refractivity contribution in [2.24, 2.45) is 5.92 Å². The maximum Gasteiger partial charge on any atom is 0.256 e. The van der Waals surface area contributed by atoms with Crippen molar-refractivity contribution < 1.29 is 19.5 Å². The lowest BCUT2D eigenvalue weighted by Crippen LogP contribution is -2.54. The maximum absolute atomic E-state index is 12.6. The Morgan fingerprint density at radius 1 is 1.38 bits per heavy atom. The summed E-state index contributed by atoms with van der Waals surface area (Å²) in [5.41, 5.74) is 1.53. The highest BCUT2D eigenvalue weighted by atomic mass is 32.2. The number of benzene rings is 1. The van der Waals surface area contributed by atoms with E-state index in [4.69, 9.17) is 0 Å². The van der Waals surface area contributed by atoms with Crippen LogP contribution in [0.15, 0.2) is 24.3 Å². The molecule has 0 spiro atoms. The molecule has 2 aliphatic heterocycles. The first-order chi connectivity index (χ1) is 11.4. The molecule has 2 aliphatic rings. The molecule has 1 fully saturated rings. The van der Waals surface area contributed by atoms with Crippen molar-refractivity contribution in [3.8, 4) is 0 Å². The van der Waals surface area contributed by atoms with Crippen LogP contribution in [0.2, 0.25) is 0 Å². The molecule has 0 saturated carbocycles. The quantitative estimate of drug-likeness (QED) is 0.839. The van der Waals surface area contributed by atoms with Gasteiger partial charge in [-0.3, -0.25) is 9.59 Å². The summed E-state index contributed by atoms with van der Waals surface area (Å²) >= 11 is 1.53. The number of amides is 2. The van der Waals surface area contributed by atoms with Gasteiger partial charge in [-0.2, -0.15) is 0 Å². The highest BCUT2D eigenvalue weighted by Gasteiger charge is 2.48. The molecule has 3 rings (SSSR count). The van der Waals surface area contributed by atoms with Crippen molar-refractivity contribution in [3.63, 3.8) is 0 Å². The van der Waals surface area contributed by atoms with Gasteiger partial charge >= 0.3 is 0 Å². The summed E-state index contributed by atoms with van der Waals surface area (Å²) in [6.07, 6.45) is 0.297. The number of nitrogens with one attached hydrogen (secondary N) is 1. The molecule has 1 saturated heterocycles. The molecule has 1 aromatic carbocycles. The van der Waals surface area contributed by atoms with E-state index in [-0.39, 0.29) is 17.2 Å². The average Bonchev–Trinajstić information content (AvgIpc) is 3.07. The van der Waals surface area contributed by atoms with Gasteiger partial charge in [-0.25, -0.2) is 0 Å². The number of hydrogen-bond donors (Lipinski definition) is 1.